The minimum atomic E-state index is -0.0564. The largest absolute Gasteiger partial charge is 0.383 e. The van der Waals surface area contributed by atoms with Gasteiger partial charge >= 0.3 is 0 Å². The Balaban J connectivity index is 1.88. The molecule has 2 rings (SSSR count). The molecule has 0 aromatic heterocycles. The molecule has 0 heterocycles. The van der Waals surface area contributed by atoms with Crippen molar-refractivity contribution in [3.05, 3.63) is 29.8 Å². The third kappa shape index (κ3) is 7.34. The van der Waals surface area contributed by atoms with Gasteiger partial charge in [-0.2, -0.15) is 0 Å². The van der Waals surface area contributed by atoms with Crippen molar-refractivity contribution in [3.8, 4) is 0 Å². The molecule has 1 aromatic rings. The van der Waals surface area contributed by atoms with Gasteiger partial charge in [0.1, 0.15) is 0 Å². The molecule has 0 atom stereocenters. The lowest BCUT2D eigenvalue weighted by molar-refractivity contribution is -0.118. The van der Waals surface area contributed by atoms with Crippen LogP contribution >= 0.6 is 11.8 Å². The predicted molar refractivity (Wildman–Crippen MR) is 119 cm³/mol. The Kier molecular flexibility index (Phi) is 9.50. The van der Waals surface area contributed by atoms with Crippen molar-refractivity contribution < 1.29 is 14.3 Å². The summed E-state index contributed by atoms with van der Waals surface area (Å²) < 4.78 is 4.93. The first-order valence-corrected chi connectivity index (χ1v) is 11.6. The first-order valence-electron chi connectivity index (χ1n) is 10.7. The third-order valence-corrected chi connectivity index (χ3v) is 7.27. The average molecular weight is 421 g/mol. The molecule has 1 saturated carbocycles. The highest BCUT2D eigenvalue weighted by molar-refractivity contribution is 8.00. The van der Waals surface area contributed by atoms with Crippen LogP contribution in [0.5, 0.6) is 0 Å². The van der Waals surface area contributed by atoms with Gasteiger partial charge in [-0.1, -0.05) is 39.3 Å². The number of amides is 2. The summed E-state index contributed by atoms with van der Waals surface area (Å²) in [6, 6.07) is 7.76. The van der Waals surface area contributed by atoms with E-state index in [2.05, 4.69) is 31.4 Å². The van der Waals surface area contributed by atoms with E-state index in [4.69, 9.17) is 4.74 Å². The normalized spacial score (nSPS) is 19.6. The van der Waals surface area contributed by atoms with Gasteiger partial charge in [0.2, 0.25) is 5.91 Å². The van der Waals surface area contributed by atoms with E-state index in [-0.39, 0.29) is 23.6 Å². The number of benzene rings is 1. The number of thioether (sulfide) groups is 1. The molecular weight excluding hydrogens is 384 g/mol. The Morgan fingerprint density at radius 2 is 1.86 bits per heavy atom. The SMILES string of the molecule is CCC(C)(C)C1CCC(NC(=O)c2ccccc2SCC(=O)NCCOC)CC1. The van der Waals surface area contributed by atoms with E-state index in [1.54, 1.807) is 7.11 Å². The number of rotatable bonds is 10. The summed E-state index contributed by atoms with van der Waals surface area (Å²) in [5.74, 6) is 0.927. The fourth-order valence-corrected chi connectivity index (χ4v) is 4.72. The van der Waals surface area contributed by atoms with Crippen LogP contribution in [0.25, 0.3) is 0 Å². The van der Waals surface area contributed by atoms with Crippen LogP contribution in [0.4, 0.5) is 0 Å². The molecule has 1 aliphatic rings. The van der Waals surface area contributed by atoms with Crippen LogP contribution in [0.1, 0.15) is 63.2 Å². The number of ether oxygens (including phenoxy) is 1. The number of nitrogens with one attached hydrogen (secondary N) is 2. The van der Waals surface area contributed by atoms with E-state index >= 15 is 0 Å². The van der Waals surface area contributed by atoms with Gasteiger partial charge in [-0.3, -0.25) is 9.59 Å². The molecule has 29 heavy (non-hydrogen) atoms. The van der Waals surface area contributed by atoms with Gasteiger partial charge in [-0.05, 0) is 49.1 Å². The summed E-state index contributed by atoms with van der Waals surface area (Å²) in [5.41, 5.74) is 1.03. The molecule has 0 radical (unpaired) electrons. The van der Waals surface area contributed by atoms with Gasteiger partial charge in [-0.25, -0.2) is 0 Å². The van der Waals surface area contributed by atoms with Crippen molar-refractivity contribution in [3.63, 3.8) is 0 Å². The second-order valence-corrected chi connectivity index (χ2v) is 9.51. The maximum atomic E-state index is 12.9. The van der Waals surface area contributed by atoms with Crippen LogP contribution in [0.15, 0.2) is 29.2 Å². The zero-order valence-corrected chi connectivity index (χ0v) is 19.1. The van der Waals surface area contributed by atoms with Crippen LogP contribution in [0, 0.1) is 11.3 Å². The Morgan fingerprint density at radius 3 is 2.52 bits per heavy atom. The highest BCUT2D eigenvalue weighted by Gasteiger charge is 2.32. The van der Waals surface area contributed by atoms with Crippen LogP contribution in [-0.4, -0.2) is 43.9 Å². The summed E-state index contributed by atoms with van der Waals surface area (Å²) >= 11 is 1.40. The van der Waals surface area contributed by atoms with Crippen molar-refractivity contribution in [2.45, 2.75) is 63.8 Å². The second kappa shape index (κ2) is 11.6. The Labute approximate surface area is 179 Å². The topological polar surface area (TPSA) is 67.4 Å². The van der Waals surface area contributed by atoms with E-state index in [0.717, 1.165) is 23.7 Å². The highest BCUT2D eigenvalue weighted by Crippen LogP contribution is 2.40. The molecule has 6 heteroatoms. The summed E-state index contributed by atoms with van der Waals surface area (Å²) in [6.45, 7) is 7.97. The molecule has 1 fully saturated rings. The summed E-state index contributed by atoms with van der Waals surface area (Å²) in [6.07, 6.45) is 5.61. The van der Waals surface area contributed by atoms with Crippen LogP contribution in [0.3, 0.4) is 0 Å². The van der Waals surface area contributed by atoms with Gasteiger partial charge < -0.3 is 15.4 Å². The minimum absolute atomic E-state index is 0.0360. The Hall–Kier alpha value is -1.53. The van der Waals surface area contributed by atoms with Gasteiger partial charge in [-0.15, -0.1) is 11.8 Å². The predicted octanol–water partition coefficient (Wildman–Crippen LogP) is 4.27. The average Bonchev–Trinajstić information content (AvgIpc) is 2.73. The Morgan fingerprint density at radius 1 is 1.17 bits per heavy atom. The molecule has 1 aliphatic carbocycles. The van der Waals surface area contributed by atoms with Crippen molar-refractivity contribution >= 4 is 23.6 Å². The number of hydrogen-bond donors (Lipinski definition) is 2. The number of hydrogen-bond acceptors (Lipinski definition) is 4. The van der Waals surface area contributed by atoms with Crippen LogP contribution in [-0.2, 0) is 9.53 Å². The fraction of sp³-hybridized carbons (Fsp3) is 0.652. The standard InChI is InChI=1S/C23H36N2O3S/c1-5-23(2,3)17-10-12-18(13-11-17)25-22(27)19-8-6-7-9-20(19)29-16-21(26)24-14-15-28-4/h6-9,17-18H,5,10-16H2,1-4H3,(H,24,26)(H,25,27). The van der Waals surface area contributed by atoms with Gasteiger partial charge in [0.25, 0.3) is 5.91 Å². The Bertz CT molecular complexity index is 670. The smallest absolute Gasteiger partial charge is 0.252 e. The lowest BCUT2D eigenvalue weighted by Gasteiger charge is -2.39. The molecule has 5 nitrogen and oxygen atoms in total. The molecule has 162 valence electrons. The maximum absolute atomic E-state index is 12.9. The number of methoxy groups -OCH3 is 1. The van der Waals surface area contributed by atoms with E-state index in [0.29, 0.717) is 24.1 Å². The lowest BCUT2D eigenvalue weighted by atomic mass is 9.69. The monoisotopic (exact) mass is 420 g/mol. The summed E-state index contributed by atoms with van der Waals surface area (Å²) in [4.78, 5) is 25.7. The molecule has 0 saturated heterocycles. The molecule has 2 N–H and O–H groups in total. The summed E-state index contributed by atoms with van der Waals surface area (Å²) in [5, 5.41) is 6.03. The number of carbonyl (C=O) groups is 2. The molecule has 1 aromatic carbocycles. The van der Waals surface area contributed by atoms with Crippen molar-refractivity contribution in [2.75, 3.05) is 26.0 Å². The first-order chi connectivity index (χ1) is 13.9. The molecule has 0 bridgehead atoms. The molecule has 2 amide bonds. The van der Waals surface area contributed by atoms with Gasteiger partial charge in [0.05, 0.1) is 17.9 Å². The van der Waals surface area contributed by atoms with E-state index in [1.165, 1.54) is 31.0 Å². The van der Waals surface area contributed by atoms with Gasteiger partial charge in [0, 0.05) is 24.6 Å². The van der Waals surface area contributed by atoms with Gasteiger partial charge in [0.15, 0.2) is 0 Å². The maximum Gasteiger partial charge on any atom is 0.252 e. The van der Waals surface area contributed by atoms with Crippen molar-refractivity contribution in [1.82, 2.24) is 10.6 Å². The lowest BCUT2D eigenvalue weighted by Crippen LogP contribution is -2.40. The van der Waals surface area contributed by atoms with Crippen molar-refractivity contribution in [2.24, 2.45) is 11.3 Å². The quantitative estimate of drug-likeness (QED) is 0.438. The number of carbonyl (C=O) groups excluding carboxylic acids is 2. The zero-order chi connectivity index (χ0) is 21.3. The fourth-order valence-electron chi connectivity index (χ4n) is 3.84. The van der Waals surface area contributed by atoms with E-state index < -0.39 is 0 Å². The van der Waals surface area contributed by atoms with E-state index in [1.807, 2.05) is 24.3 Å². The zero-order valence-electron chi connectivity index (χ0n) is 18.3. The highest BCUT2D eigenvalue weighted by atomic mass is 32.2. The molecular formula is C23H36N2O3S. The first kappa shape index (κ1) is 23.7. The van der Waals surface area contributed by atoms with Crippen LogP contribution in [0.2, 0.25) is 0 Å². The molecule has 0 aliphatic heterocycles. The van der Waals surface area contributed by atoms with E-state index in [9.17, 15) is 9.59 Å². The third-order valence-electron chi connectivity index (χ3n) is 6.20. The second-order valence-electron chi connectivity index (χ2n) is 8.49. The molecule has 0 spiro atoms. The summed E-state index contributed by atoms with van der Waals surface area (Å²) in [7, 11) is 1.60. The molecule has 0 unspecified atom stereocenters. The van der Waals surface area contributed by atoms with Crippen LogP contribution < -0.4 is 10.6 Å². The van der Waals surface area contributed by atoms with Crippen molar-refractivity contribution in [1.29, 1.82) is 0 Å². The minimum Gasteiger partial charge on any atom is -0.383 e.